The molecule has 3 aliphatic heterocycles. The van der Waals surface area contributed by atoms with Gasteiger partial charge in [-0.15, -0.1) is 0 Å². The Kier molecular flexibility index (Phi) is 4.81. The van der Waals surface area contributed by atoms with Gasteiger partial charge < -0.3 is 14.5 Å². The van der Waals surface area contributed by atoms with Crippen LogP contribution in [0, 0.1) is 0 Å². The maximum absolute atomic E-state index is 12.8. The first-order valence-corrected chi connectivity index (χ1v) is 10.6. The van der Waals surface area contributed by atoms with E-state index in [-0.39, 0.29) is 12.0 Å². The Hall–Kier alpha value is -3.09. The van der Waals surface area contributed by atoms with Crippen molar-refractivity contribution >= 4 is 17.8 Å². The summed E-state index contributed by atoms with van der Waals surface area (Å²) in [5.41, 5.74) is 1.43. The van der Waals surface area contributed by atoms with Crippen LogP contribution >= 0.6 is 0 Å². The summed E-state index contributed by atoms with van der Waals surface area (Å²) < 4.78 is 5.47. The highest BCUT2D eigenvalue weighted by molar-refractivity contribution is 5.95. The van der Waals surface area contributed by atoms with Gasteiger partial charge >= 0.3 is 6.09 Å². The fraction of sp³-hybridized carbons (Fsp3) is 0.435. The fourth-order valence-electron chi connectivity index (χ4n) is 4.86. The number of nitrogens with zero attached hydrogens (tertiary/aromatic N) is 4. The summed E-state index contributed by atoms with van der Waals surface area (Å²) in [6.45, 7) is 3.90. The SMILES string of the molecule is O=C(c1ccnc(N2CCN3C(=O)OCC3(Cc3ccccc3)C2)c1)N1CCCC1. The van der Waals surface area contributed by atoms with Crippen LogP contribution in [-0.2, 0) is 11.2 Å². The molecule has 2 aromatic rings. The number of ether oxygens (including phenoxy) is 1. The number of likely N-dealkylation sites (tertiary alicyclic amines) is 1. The molecule has 30 heavy (non-hydrogen) atoms. The number of pyridine rings is 1. The highest BCUT2D eigenvalue weighted by atomic mass is 16.6. The molecule has 0 saturated carbocycles. The summed E-state index contributed by atoms with van der Waals surface area (Å²) in [5.74, 6) is 0.861. The van der Waals surface area contributed by atoms with E-state index >= 15 is 0 Å². The summed E-state index contributed by atoms with van der Waals surface area (Å²) in [7, 11) is 0. The lowest BCUT2D eigenvalue weighted by Gasteiger charge is -2.45. The summed E-state index contributed by atoms with van der Waals surface area (Å²) in [6, 6.07) is 13.9. The van der Waals surface area contributed by atoms with Crippen LogP contribution in [0.15, 0.2) is 48.7 Å². The third kappa shape index (κ3) is 3.38. The van der Waals surface area contributed by atoms with Crippen molar-refractivity contribution in [2.45, 2.75) is 24.8 Å². The van der Waals surface area contributed by atoms with Crippen molar-refractivity contribution in [2.75, 3.05) is 44.2 Å². The number of cyclic esters (lactones) is 1. The Bertz CT molecular complexity index is 944. The van der Waals surface area contributed by atoms with Crippen molar-refractivity contribution in [3.05, 3.63) is 59.8 Å². The lowest BCUT2D eigenvalue weighted by molar-refractivity contribution is 0.0792. The molecule has 0 radical (unpaired) electrons. The zero-order valence-electron chi connectivity index (χ0n) is 17.0. The molecule has 4 heterocycles. The maximum Gasteiger partial charge on any atom is 0.410 e. The van der Waals surface area contributed by atoms with Gasteiger partial charge in [0.25, 0.3) is 5.91 Å². The number of hydrogen-bond donors (Lipinski definition) is 0. The van der Waals surface area contributed by atoms with E-state index in [9.17, 15) is 9.59 Å². The highest BCUT2D eigenvalue weighted by Gasteiger charge is 2.51. The Morgan fingerprint density at radius 1 is 1.07 bits per heavy atom. The molecule has 3 fully saturated rings. The monoisotopic (exact) mass is 406 g/mol. The van der Waals surface area contributed by atoms with E-state index in [1.807, 2.05) is 34.1 Å². The van der Waals surface area contributed by atoms with Gasteiger partial charge in [-0.1, -0.05) is 30.3 Å². The van der Waals surface area contributed by atoms with E-state index in [4.69, 9.17) is 4.74 Å². The van der Waals surface area contributed by atoms with Gasteiger partial charge in [-0.2, -0.15) is 0 Å². The van der Waals surface area contributed by atoms with Gasteiger partial charge in [0.2, 0.25) is 0 Å². The third-order valence-corrected chi connectivity index (χ3v) is 6.42. The standard InChI is InChI=1S/C23H26N4O3/c28-21(25-10-4-5-11-25)19-8-9-24-20(14-19)26-12-13-27-22(29)30-17-23(27,16-26)15-18-6-2-1-3-7-18/h1-3,6-9,14H,4-5,10-13,15-17H2. The van der Waals surface area contributed by atoms with E-state index in [0.717, 1.165) is 38.2 Å². The molecule has 1 aromatic carbocycles. The highest BCUT2D eigenvalue weighted by Crippen LogP contribution is 2.34. The van der Waals surface area contributed by atoms with Gasteiger partial charge in [0.05, 0.1) is 0 Å². The quantitative estimate of drug-likeness (QED) is 0.781. The van der Waals surface area contributed by atoms with Gasteiger partial charge in [0.15, 0.2) is 0 Å². The number of piperazine rings is 1. The van der Waals surface area contributed by atoms with Crippen molar-refractivity contribution in [1.29, 1.82) is 0 Å². The zero-order valence-corrected chi connectivity index (χ0v) is 17.0. The van der Waals surface area contributed by atoms with Crippen LogP contribution in [0.1, 0.15) is 28.8 Å². The van der Waals surface area contributed by atoms with Crippen LogP contribution in [0.25, 0.3) is 0 Å². The number of carbonyl (C=O) groups is 2. The largest absolute Gasteiger partial charge is 0.447 e. The molecule has 1 unspecified atom stereocenters. The summed E-state index contributed by atoms with van der Waals surface area (Å²) >= 11 is 0. The van der Waals surface area contributed by atoms with E-state index in [1.54, 1.807) is 12.3 Å². The first-order chi connectivity index (χ1) is 14.6. The molecule has 1 aromatic heterocycles. The molecular formula is C23H26N4O3. The number of fused-ring (bicyclic) bond motifs is 1. The predicted molar refractivity (Wildman–Crippen MR) is 113 cm³/mol. The molecule has 0 N–H and O–H groups in total. The molecule has 3 aliphatic rings. The van der Waals surface area contributed by atoms with Crippen molar-refractivity contribution in [3.63, 3.8) is 0 Å². The number of carbonyl (C=O) groups excluding carboxylic acids is 2. The second-order valence-electron chi connectivity index (χ2n) is 8.42. The Labute approximate surface area is 176 Å². The maximum atomic E-state index is 12.8. The summed E-state index contributed by atoms with van der Waals surface area (Å²) in [6.07, 6.45) is 4.34. The first kappa shape index (κ1) is 18.9. The molecule has 7 heteroatoms. The molecule has 0 aliphatic carbocycles. The van der Waals surface area contributed by atoms with Crippen LogP contribution in [0.3, 0.4) is 0 Å². The zero-order chi connectivity index (χ0) is 20.6. The van der Waals surface area contributed by atoms with E-state index in [1.165, 1.54) is 5.56 Å². The minimum Gasteiger partial charge on any atom is -0.447 e. The molecular weight excluding hydrogens is 380 g/mol. The third-order valence-electron chi connectivity index (χ3n) is 6.42. The topological polar surface area (TPSA) is 66.0 Å². The Morgan fingerprint density at radius 3 is 2.67 bits per heavy atom. The van der Waals surface area contributed by atoms with Crippen molar-refractivity contribution in [2.24, 2.45) is 0 Å². The number of hydrogen-bond acceptors (Lipinski definition) is 5. The van der Waals surface area contributed by atoms with Crippen molar-refractivity contribution in [1.82, 2.24) is 14.8 Å². The van der Waals surface area contributed by atoms with Gasteiger partial charge in [0, 0.05) is 50.9 Å². The number of anilines is 1. The first-order valence-electron chi connectivity index (χ1n) is 10.6. The van der Waals surface area contributed by atoms with Crippen molar-refractivity contribution < 1.29 is 14.3 Å². The minimum absolute atomic E-state index is 0.0770. The normalized spacial score (nSPS) is 23.5. The van der Waals surface area contributed by atoms with Gasteiger partial charge in [0.1, 0.15) is 18.0 Å². The molecule has 156 valence electrons. The lowest BCUT2D eigenvalue weighted by atomic mass is 9.88. The number of rotatable bonds is 4. The molecule has 3 saturated heterocycles. The second-order valence-corrected chi connectivity index (χ2v) is 8.42. The van der Waals surface area contributed by atoms with Gasteiger partial charge in [-0.05, 0) is 30.5 Å². The van der Waals surface area contributed by atoms with Crippen LogP contribution in [-0.4, -0.2) is 71.7 Å². The summed E-state index contributed by atoms with van der Waals surface area (Å²) in [5, 5.41) is 0. The summed E-state index contributed by atoms with van der Waals surface area (Å²) in [4.78, 5) is 35.7. The molecule has 5 rings (SSSR count). The van der Waals surface area contributed by atoms with E-state index in [0.29, 0.717) is 31.8 Å². The second kappa shape index (κ2) is 7.63. The molecule has 0 spiro atoms. The molecule has 1 atom stereocenters. The van der Waals surface area contributed by atoms with Crippen LogP contribution < -0.4 is 4.90 Å². The van der Waals surface area contributed by atoms with Gasteiger partial charge in [-0.25, -0.2) is 9.78 Å². The van der Waals surface area contributed by atoms with E-state index in [2.05, 4.69) is 22.0 Å². The van der Waals surface area contributed by atoms with Crippen LogP contribution in [0.2, 0.25) is 0 Å². The van der Waals surface area contributed by atoms with Gasteiger partial charge in [-0.3, -0.25) is 9.69 Å². The molecule has 7 nitrogen and oxygen atoms in total. The number of aromatic nitrogens is 1. The Balaban J connectivity index is 1.40. The van der Waals surface area contributed by atoms with E-state index < -0.39 is 5.54 Å². The average molecular weight is 406 g/mol. The fourth-order valence-corrected chi connectivity index (χ4v) is 4.86. The number of amides is 2. The Morgan fingerprint density at radius 2 is 1.87 bits per heavy atom. The number of benzene rings is 1. The van der Waals surface area contributed by atoms with Crippen LogP contribution in [0.5, 0.6) is 0 Å². The van der Waals surface area contributed by atoms with Crippen LogP contribution in [0.4, 0.5) is 10.6 Å². The lowest BCUT2D eigenvalue weighted by Crippen LogP contribution is -2.62. The minimum atomic E-state index is -0.423. The average Bonchev–Trinajstić information content (AvgIpc) is 3.43. The van der Waals surface area contributed by atoms with Crippen molar-refractivity contribution in [3.8, 4) is 0 Å². The molecule has 0 bridgehead atoms. The molecule has 2 amide bonds. The predicted octanol–water partition coefficient (Wildman–Crippen LogP) is 2.57. The smallest absolute Gasteiger partial charge is 0.410 e.